The summed E-state index contributed by atoms with van der Waals surface area (Å²) in [4.78, 5) is 1.64. The molecule has 0 aliphatic carbocycles. The molecule has 2 aliphatic heterocycles. The zero-order valence-electron chi connectivity index (χ0n) is 15.4. The lowest BCUT2D eigenvalue weighted by molar-refractivity contribution is 0.0367. The van der Waals surface area contributed by atoms with Crippen LogP contribution in [0.15, 0.2) is 23.1 Å². The Morgan fingerprint density at radius 1 is 1.14 bits per heavy atom. The van der Waals surface area contributed by atoms with E-state index in [4.69, 9.17) is 4.74 Å². The Bertz CT molecular complexity index is 882. The second-order valence-corrected chi connectivity index (χ2v) is 11.2. The average Bonchev–Trinajstić information content (AvgIpc) is 2.98. The van der Waals surface area contributed by atoms with Crippen molar-refractivity contribution in [1.29, 1.82) is 0 Å². The van der Waals surface area contributed by atoms with E-state index in [0.29, 0.717) is 32.2 Å². The Kier molecular flexibility index (Phi) is 6.70. The summed E-state index contributed by atoms with van der Waals surface area (Å²) >= 11 is 0. The molecule has 0 radical (unpaired) electrons. The third kappa shape index (κ3) is 5.26. The highest BCUT2D eigenvalue weighted by atomic mass is 32.2. The van der Waals surface area contributed by atoms with Gasteiger partial charge in [0.1, 0.15) is 11.6 Å². The molecule has 1 unspecified atom stereocenters. The lowest BCUT2D eigenvalue weighted by atomic mass is 10.2. The smallest absolute Gasteiger partial charge is 0.243 e. The van der Waals surface area contributed by atoms with Crippen molar-refractivity contribution in [3.63, 3.8) is 0 Å². The van der Waals surface area contributed by atoms with Crippen LogP contribution in [0, 0.1) is 11.6 Å². The van der Waals surface area contributed by atoms with Gasteiger partial charge in [0, 0.05) is 31.7 Å². The van der Waals surface area contributed by atoms with Gasteiger partial charge in [0.2, 0.25) is 10.0 Å². The van der Waals surface area contributed by atoms with Gasteiger partial charge in [-0.25, -0.2) is 25.6 Å². The van der Waals surface area contributed by atoms with E-state index in [1.165, 1.54) is 0 Å². The molecule has 1 atom stereocenters. The predicted octanol–water partition coefficient (Wildman–Crippen LogP) is 0.865. The highest BCUT2D eigenvalue weighted by Gasteiger charge is 2.38. The van der Waals surface area contributed by atoms with E-state index in [0.717, 1.165) is 29.5 Å². The molecule has 158 valence electrons. The van der Waals surface area contributed by atoms with Crippen molar-refractivity contribution in [3.8, 4) is 0 Å². The monoisotopic (exact) mass is 438 g/mol. The highest BCUT2D eigenvalue weighted by molar-refractivity contribution is 7.92. The first-order chi connectivity index (χ1) is 13.2. The second kappa shape index (κ2) is 8.70. The minimum Gasteiger partial charge on any atom is -0.379 e. The molecule has 1 aromatic rings. The number of halogens is 2. The normalized spacial score (nSPS) is 23.3. The quantitative estimate of drug-likeness (QED) is 0.628. The molecule has 1 aromatic carbocycles. The van der Waals surface area contributed by atoms with Gasteiger partial charge in [-0.1, -0.05) is 0 Å². The first kappa shape index (κ1) is 21.6. The Labute approximate surface area is 164 Å². The molecule has 0 bridgehead atoms. The van der Waals surface area contributed by atoms with Crippen LogP contribution in [0.2, 0.25) is 0 Å². The minimum absolute atomic E-state index is 0.0814. The number of morpholine rings is 1. The van der Waals surface area contributed by atoms with Crippen LogP contribution >= 0.6 is 0 Å². The molecule has 0 aromatic heterocycles. The van der Waals surface area contributed by atoms with Gasteiger partial charge in [0.05, 0.1) is 29.6 Å². The topological polar surface area (TPSA) is 84.0 Å². The van der Waals surface area contributed by atoms with Crippen LogP contribution in [0.5, 0.6) is 0 Å². The predicted molar refractivity (Wildman–Crippen MR) is 99.2 cm³/mol. The first-order valence-corrected chi connectivity index (χ1v) is 12.4. The van der Waals surface area contributed by atoms with Gasteiger partial charge in [-0.2, -0.15) is 4.31 Å². The number of nitrogens with zero attached hydrogens (tertiary/aromatic N) is 2. The lowest BCUT2D eigenvalue weighted by Gasteiger charge is -2.30. The van der Waals surface area contributed by atoms with Crippen LogP contribution in [-0.4, -0.2) is 83.0 Å². The molecule has 7 nitrogen and oxygen atoms in total. The maximum atomic E-state index is 13.6. The van der Waals surface area contributed by atoms with Gasteiger partial charge in [-0.3, -0.25) is 4.90 Å². The number of hydrogen-bond donors (Lipinski definition) is 0. The molecule has 0 amide bonds. The summed E-state index contributed by atoms with van der Waals surface area (Å²) in [5.41, 5.74) is 0. The van der Waals surface area contributed by atoms with Crippen molar-refractivity contribution in [2.24, 2.45) is 0 Å². The molecule has 0 saturated carbocycles. The minimum atomic E-state index is -4.24. The summed E-state index contributed by atoms with van der Waals surface area (Å²) in [6.07, 6.45) is 0.657. The summed E-state index contributed by atoms with van der Waals surface area (Å²) in [5, 5.41) is 0. The Morgan fingerprint density at radius 2 is 1.79 bits per heavy atom. The van der Waals surface area contributed by atoms with Crippen LogP contribution in [-0.2, 0) is 24.6 Å². The van der Waals surface area contributed by atoms with Gasteiger partial charge >= 0.3 is 0 Å². The van der Waals surface area contributed by atoms with E-state index in [9.17, 15) is 25.6 Å². The van der Waals surface area contributed by atoms with Crippen molar-refractivity contribution in [2.75, 3.05) is 50.9 Å². The van der Waals surface area contributed by atoms with Gasteiger partial charge in [-0.15, -0.1) is 0 Å². The van der Waals surface area contributed by atoms with Crippen LogP contribution in [0.3, 0.4) is 0 Å². The van der Waals surface area contributed by atoms with Crippen LogP contribution < -0.4 is 0 Å². The summed E-state index contributed by atoms with van der Waals surface area (Å²) in [6.45, 7) is 3.45. The second-order valence-electron chi connectivity index (χ2n) is 7.09. The summed E-state index contributed by atoms with van der Waals surface area (Å²) in [7, 11) is -7.56. The van der Waals surface area contributed by atoms with E-state index in [1.807, 2.05) is 0 Å². The van der Waals surface area contributed by atoms with Crippen molar-refractivity contribution in [1.82, 2.24) is 9.21 Å². The maximum absolute atomic E-state index is 13.6. The van der Waals surface area contributed by atoms with E-state index < -0.39 is 42.4 Å². The molecule has 11 heteroatoms. The third-order valence-electron chi connectivity index (χ3n) is 5.01. The van der Waals surface area contributed by atoms with Crippen molar-refractivity contribution < 1.29 is 30.4 Å². The first-order valence-electron chi connectivity index (χ1n) is 9.16. The summed E-state index contributed by atoms with van der Waals surface area (Å²) in [6, 6.07) is 1.39. The van der Waals surface area contributed by atoms with Gasteiger partial charge in [-0.05, 0) is 31.5 Å². The van der Waals surface area contributed by atoms with Gasteiger partial charge < -0.3 is 4.74 Å². The van der Waals surface area contributed by atoms with Gasteiger partial charge in [0.15, 0.2) is 9.84 Å². The number of sulfone groups is 1. The number of benzene rings is 1. The summed E-state index contributed by atoms with van der Waals surface area (Å²) in [5.74, 6) is -2.36. The Hall–Kier alpha value is -1.14. The number of hydrogen-bond acceptors (Lipinski definition) is 6. The molecular formula is C17H24F2N2O5S2. The molecular weight excluding hydrogens is 414 g/mol. The van der Waals surface area contributed by atoms with E-state index in [-0.39, 0.29) is 24.5 Å². The maximum Gasteiger partial charge on any atom is 0.243 e. The fourth-order valence-electron chi connectivity index (χ4n) is 3.59. The molecule has 2 aliphatic rings. The zero-order chi connectivity index (χ0) is 20.4. The SMILES string of the molecule is O=S1(=O)CCC(N(CCCN2CCOCC2)S(=O)(=O)c2cc(F)cc(F)c2)C1. The third-order valence-corrected chi connectivity index (χ3v) is 8.69. The van der Waals surface area contributed by atoms with Crippen molar-refractivity contribution in [2.45, 2.75) is 23.8 Å². The fourth-order valence-corrected chi connectivity index (χ4v) is 7.15. The molecule has 0 spiro atoms. The molecule has 2 heterocycles. The fraction of sp³-hybridized carbons (Fsp3) is 0.647. The van der Waals surface area contributed by atoms with Crippen molar-refractivity contribution >= 4 is 19.9 Å². The van der Waals surface area contributed by atoms with E-state index >= 15 is 0 Å². The standard InChI is InChI=1S/C17H24F2N2O5S2/c18-14-10-15(19)12-17(11-14)28(24,25)21(16-2-9-27(22,23)13-16)4-1-3-20-5-7-26-8-6-20/h10-12,16H,1-9,13H2. The molecule has 28 heavy (non-hydrogen) atoms. The number of rotatable bonds is 7. The molecule has 2 saturated heterocycles. The van der Waals surface area contributed by atoms with Crippen LogP contribution in [0.4, 0.5) is 8.78 Å². The van der Waals surface area contributed by atoms with Crippen LogP contribution in [0.25, 0.3) is 0 Å². The molecule has 3 rings (SSSR count). The largest absolute Gasteiger partial charge is 0.379 e. The Balaban J connectivity index is 1.80. The number of sulfonamides is 1. The van der Waals surface area contributed by atoms with Crippen LogP contribution in [0.1, 0.15) is 12.8 Å². The zero-order valence-corrected chi connectivity index (χ0v) is 17.0. The van der Waals surface area contributed by atoms with Crippen molar-refractivity contribution in [3.05, 3.63) is 29.8 Å². The Morgan fingerprint density at radius 3 is 2.36 bits per heavy atom. The number of ether oxygens (including phenoxy) is 1. The highest BCUT2D eigenvalue weighted by Crippen LogP contribution is 2.26. The molecule has 0 N–H and O–H groups in total. The van der Waals surface area contributed by atoms with Gasteiger partial charge in [0.25, 0.3) is 0 Å². The average molecular weight is 439 g/mol. The summed E-state index contributed by atoms with van der Waals surface area (Å²) < 4.78 is 83.5. The van der Waals surface area contributed by atoms with E-state index in [1.54, 1.807) is 0 Å². The van der Waals surface area contributed by atoms with E-state index in [2.05, 4.69) is 4.90 Å². The lowest BCUT2D eigenvalue weighted by Crippen LogP contribution is -2.43. The molecule has 2 fully saturated rings.